The van der Waals surface area contributed by atoms with E-state index in [-0.39, 0.29) is 37.5 Å². The van der Waals surface area contributed by atoms with E-state index in [0.717, 1.165) is 44.1 Å². The van der Waals surface area contributed by atoms with Crippen molar-refractivity contribution in [1.82, 2.24) is 25.8 Å². The topological polar surface area (TPSA) is 159 Å². The number of carbonyl (C=O) groups is 4. The summed E-state index contributed by atoms with van der Waals surface area (Å²) in [4.78, 5) is 60.7. The Hall–Kier alpha value is -3.55. The van der Waals surface area contributed by atoms with Gasteiger partial charge in [-0.2, -0.15) is 0 Å². The van der Waals surface area contributed by atoms with Gasteiger partial charge >= 0.3 is 0 Å². The first-order valence-corrected chi connectivity index (χ1v) is 20.0. The van der Waals surface area contributed by atoms with Gasteiger partial charge in [0.25, 0.3) is 0 Å². The van der Waals surface area contributed by atoms with Crippen molar-refractivity contribution in [3.8, 4) is 5.75 Å². The maximum Gasteiger partial charge on any atom is 0.243 e. The summed E-state index contributed by atoms with van der Waals surface area (Å²) in [6.45, 7) is 6.29. The third kappa shape index (κ3) is 13.5. The third-order valence-corrected chi connectivity index (χ3v) is 10.9. The number of nitrogens with one attached hydrogen (secondary N) is 3. The molecule has 1 unspecified atom stereocenters. The molecule has 1 aliphatic carbocycles. The first-order valence-electron chi connectivity index (χ1n) is 19.1. The molecule has 1 aliphatic heterocycles. The Kier molecular flexibility index (Phi) is 17.3. The molecule has 0 bridgehead atoms. The molecule has 4 amide bonds. The lowest BCUT2D eigenvalue weighted by Crippen LogP contribution is -2.55. The van der Waals surface area contributed by atoms with Gasteiger partial charge < -0.3 is 35.4 Å². The normalized spacial score (nSPS) is 18.0. The number of amides is 4. The van der Waals surface area contributed by atoms with Crippen LogP contribution in [0.3, 0.4) is 0 Å². The van der Waals surface area contributed by atoms with E-state index in [0.29, 0.717) is 56.6 Å². The Morgan fingerprint density at radius 3 is 2.40 bits per heavy atom. The zero-order valence-electron chi connectivity index (χ0n) is 31.1. The lowest BCUT2D eigenvalue weighted by molar-refractivity contribution is -0.140. The zero-order valence-corrected chi connectivity index (χ0v) is 32.0. The second-order valence-electron chi connectivity index (χ2n) is 14.4. The van der Waals surface area contributed by atoms with Crippen LogP contribution in [0.2, 0.25) is 0 Å². The molecular formula is C39H59N5O7S. The highest BCUT2D eigenvalue weighted by Crippen LogP contribution is 2.29. The average Bonchev–Trinajstić information content (AvgIpc) is 3.68. The maximum absolute atomic E-state index is 14.2. The van der Waals surface area contributed by atoms with Gasteiger partial charge in [-0.25, -0.2) is 4.98 Å². The number of thiazole rings is 1. The summed E-state index contributed by atoms with van der Waals surface area (Å²) in [5.41, 5.74) is 3.20. The number of benzene rings is 1. The summed E-state index contributed by atoms with van der Waals surface area (Å²) in [5, 5.41) is 22.5. The fraction of sp³-hybridized carbons (Fsp3) is 0.667. The molecule has 4 rings (SSSR count). The number of aliphatic hydroxyl groups is 1. The number of rotatable bonds is 20. The van der Waals surface area contributed by atoms with Crippen LogP contribution in [0.5, 0.6) is 5.75 Å². The van der Waals surface area contributed by atoms with Crippen molar-refractivity contribution in [2.75, 3.05) is 40.0 Å². The fourth-order valence-corrected chi connectivity index (χ4v) is 7.65. The van der Waals surface area contributed by atoms with Gasteiger partial charge in [0.2, 0.25) is 23.6 Å². The minimum absolute atomic E-state index is 0.0237. The quantitative estimate of drug-likeness (QED) is 0.148. The lowest BCUT2D eigenvalue weighted by Gasteiger charge is -2.32. The predicted molar refractivity (Wildman–Crippen MR) is 201 cm³/mol. The van der Waals surface area contributed by atoms with Crippen LogP contribution in [0, 0.1) is 17.8 Å². The van der Waals surface area contributed by atoms with Gasteiger partial charge in [-0.3, -0.25) is 19.2 Å². The number of hydrogen-bond donors (Lipinski definition) is 4. The summed E-state index contributed by atoms with van der Waals surface area (Å²) in [5.74, 6) is -1.24. The molecule has 13 heteroatoms. The zero-order chi connectivity index (χ0) is 37.3. The van der Waals surface area contributed by atoms with E-state index < -0.39 is 41.8 Å². The molecule has 2 aromatic rings. The third-order valence-electron chi connectivity index (χ3n) is 10.3. The molecular weight excluding hydrogens is 683 g/mol. The molecule has 0 radical (unpaired) electrons. The Morgan fingerprint density at radius 2 is 1.75 bits per heavy atom. The summed E-state index contributed by atoms with van der Waals surface area (Å²) in [6, 6.07) is 5.79. The monoisotopic (exact) mass is 741 g/mol. The highest BCUT2D eigenvalue weighted by molar-refractivity contribution is 7.07. The van der Waals surface area contributed by atoms with Crippen LogP contribution < -0.4 is 20.7 Å². The number of hydrogen-bond acceptors (Lipinski definition) is 9. The number of ether oxygens (including phenoxy) is 2. The summed E-state index contributed by atoms with van der Waals surface area (Å²) in [6.07, 6.45) is 7.55. The SMILES string of the molecule is CCCCNC(=O)[C@H](C)C[C@H](O)[C@H](CC1CCCCC1)NC(=O)[C@H](Cc1cscn1)NC(=O)C(CC(=O)N1CCOCC1)Cc1ccc(OC)cc1. The molecule has 0 spiro atoms. The molecule has 1 saturated carbocycles. The van der Waals surface area contributed by atoms with Crippen molar-refractivity contribution < 1.29 is 33.8 Å². The van der Waals surface area contributed by atoms with Crippen LogP contribution in [0.1, 0.15) is 89.3 Å². The molecule has 4 N–H and O–H groups in total. The van der Waals surface area contributed by atoms with E-state index in [1.807, 2.05) is 29.6 Å². The van der Waals surface area contributed by atoms with Gasteiger partial charge in [-0.1, -0.05) is 64.5 Å². The van der Waals surface area contributed by atoms with Crippen molar-refractivity contribution in [2.45, 2.75) is 109 Å². The predicted octanol–water partition coefficient (Wildman–Crippen LogP) is 4.05. The second-order valence-corrected chi connectivity index (χ2v) is 15.1. The minimum atomic E-state index is -0.998. The lowest BCUT2D eigenvalue weighted by atomic mass is 9.82. The highest BCUT2D eigenvalue weighted by Gasteiger charge is 2.34. The fourth-order valence-electron chi connectivity index (χ4n) is 7.08. The van der Waals surface area contributed by atoms with Crippen LogP contribution in [-0.4, -0.2) is 96.8 Å². The number of aromatic nitrogens is 1. The molecule has 52 heavy (non-hydrogen) atoms. The number of aliphatic hydroxyl groups excluding tert-OH is 1. The molecule has 5 atom stereocenters. The standard InChI is InChI=1S/C39H59N5O7S/c1-4-5-15-40-37(47)27(2)20-35(45)33(22-28-9-7-6-8-10-28)42-39(49)34(24-31-25-52-26-41-31)43-38(48)30(21-29-11-13-32(50-3)14-12-29)23-36(46)44-16-18-51-19-17-44/h11-14,25-28,30,33-35,45H,4-10,15-24H2,1-3H3,(H,40,47)(H,42,49)(H,43,48)/t27-,30?,33+,34+,35+/m1/s1. The second kappa shape index (κ2) is 21.9. The van der Waals surface area contributed by atoms with E-state index in [1.165, 1.54) is 17.8 Å². The van der Waals surface area contributed by atoms with Crippen molar-refractivity contribution in [2.24, 2.45) is 17.8 Å². The number of morpholine rings is 1. The van der Waals surface area contributed by atoms with E-state index >= 15 is 0 Å². The number of unbranched alkanes of at least 4 members (excludes halogenated alkanes) is 1. The van der Waals surface area contributed by atoms with Crippen LogP contribution >= 0.6 is 11.3 Å². The number of nitrogens with zero attached hydrogens (tertiary/aromatic N) is 2. The molecule has 2 aliphatic rings. The van der Waals surface area contributed by atoms with Crippen molar-refractivity contribution in [1.29, 1.82) is 0 Å². The average molecular weight is 742 g/mol. The van der Waals surface area contributed by atoms with Gasteiger partial charge in [0.1, 0.15) is 11.8 Å². The van der Waals surface area contributed by atoms with Crippen molar-refractivity contribution >= 4 is 35.0 Å². The highest BCUT2D eigenvalue weighted by atomic mass is 32.1. The van der Waals surface area contributed by atoms with Gasteiger partial charge in [0, 0.05) is 43.8 Å². The summed E-state index contributed by atoms with van der Waals surface area (Å²) >= 11 is 1.40. The van der Waals surface area contributed by atoms with Gasteiger partial charge in [-0.15, -0.1) is 11.3 Å². The Bertz CT molecular complexity index is 1380. The Morgan fingerprint density at radius 1 is 1.02 bits per heavy atom. The van der Waals surface area contributed by atoms with Crippen LogP contribution in [0.15, 0.2) is 35.2 Å². The first-order chi connectivity index (χ1) is 25.2. The van der Waals surface area contributed by atoms with Crippen molar-refractivity contribution in [3.05, 3.63) is 46.4 Å². The number of carbonyl (C=O) groups excluding carboxylic acids is 4. The number of methoxy groups -OCH3 is 1. The van der Waals surface area contributed by atoms with Crippen LogP contribution in [0.4, 0.5) is 0 Å². The van der Waals surface area contributed by atoms with Gasteiger partial charge in [0.15, 0.2) is 0 Å². The molecule has 288 valence electrons. The first kappa shape index (κ1) is 41.2. The molecule has 1 aromatic heterocycles. The molecule has 1 aromatic carbocycles. The largest absolute Gasteiger partial charge is 0.497 e. The molecule has 12 nitrogen and oxygen atoms in total. The van der Waals surface area contributed by atoms with Gasteiger partial charge in [-0.05, 0) is 49.3 Å². The Balaban J connectivity index is 1.53. The summed E-state index contributed by atoms with van der Waals surface area (Å²) in [7, 11) is 1.59. The van der Waals surface area contributed by atoms with E-state index in [2.05, 4.69) is 27.9 Å². The molecule has 2 fully saturated rings. The van der Waals surface area contributed by atoms with E-state index in [9.17, 15) is 24.3 Å². The van der Waals surface area contributed by atoms with Crippen LogP contribution in [0.25, 0.3) is 0 Å². The van der Waals surface area contributed by atoms with E-state index in [1.54, 1.807) is 24.4 Å². The maximum atomic E-state index is 14.2. The minimum Gasteiger partial charge on any atom is -0.497 e. The molecule has 2 heterocycles. The van der Waals surface area contributed by atoms with Gasteiger partial charge in [0.05, 0.1) is 49.6 Å². The molecule has 1 saturated heterocycles. The summed E-state index contributed by atoms with van der Waals surface area (Å²) < 4.78 is 10.7. The Labute approximate surface area is 312 Å². The van der Waals surface area contributed by atoms with Crippen LogP contribution in [-0.2, 0) is 36.8 Å². The smallest absolute Gasteiger partial charge is 0.243 e. The van der Waals surface area contributed by atoms with E-state index in [4.69, 9.17) is 9.47 Å². The van der Waals surface area contributed by atoms with Crippen molar-refractivity contribution in [3.63, 3.8) is 0 Å².